The Labute approximate surface area is 118 Å². The molecule has 5 heteroatoms. The monoisotopic (exact) mass is 282 g/mol. The zero-order chi connectivity index (χ0) is 13.5. The van der Waals surface area contributed by atoms with Crippen LogP contribution in [0.1, 0.15) is 29.6 Å². The summed E-state index contributed by atoms with van der Waals surface area (Å²) in [6.45, 7) is 3.60. The number of amides is 1. The fourth-order valence-corrected chi connectivity index (χ4v) is 2.40. The van der Waals surface area contributed by atoms with Gasteiger partial charge in [-0.25, -0.2) is 5.48 Å². The van der Waals surface area contributed by atoms with Gasteiger partial charge in [0, 0.05) is 6.54 Å². The van der Waals surface area contributed by atoms with Crippen molar-refractivity contribution in [2.45, 2.75) is 19.3 Å². The Kier molecular flexibility index (Phi) is 5.63. The number of benzene rings is 1. The Morgan fingerprint density at radius 2 is 2.00 bits per heavy atom. The summed E-state index contributed by atoms with van der Waals surface area (Å²) in [5.74, 6) is -0.302. The first-order valence-corrected chi connectivity index (χ1v) is 7.04. The molecular weight excluding hydrogens is 264 g/mol. The molecule has 0 aliphatic carbocycles. The lowest BCUT2D eigenvalue weighted by atomic mass is 10.1. The van der Waals surface area contributed by atoms with Crippen LogP contribution < -0.4 is 5.48 Å². The minimum absolute atomic E-state index is 0.302. The second-order valence-electron chi connectivity index (χ2n) is 4.66. The van der Waals surface area contributed by atoms with E-state index in [1.54, 1.807) is 24.3 Å². The highest BCUT2D eigenvalue weighted by molar-refractivity contribution is 6.33. The number of piperidine rings is 1. The van der Waals surface area contributed by atoms with E-state index in [-0.39, 0.29) is 5.91 Å². The smallest absolute Gasteiger partial charge is 0.276 e. The summed E-state index contributed by atoms with van der Waals surface area (Å²) in [6.07, 6.45) is 3.83. The molecule has 1 aliphatic heterocycles. The number of nitrogens with zero attached hydrogens (tertiary/aromatic N) is 1. The van der Waals surface area contributed by atoms with E-state index in [0.717, 1.165) is 19.6 Å². The van der Waals surface area contributed by atoms with Crippen LogP contribution in [0.3, 0.4) is 0 Å². The van der Waals surface area contributed by atoms with Crippen molar-refractivity contribution in [1.82, 2.24) is 10.4 Å². The topological polar surface area (TPSA) is 41.6 Å². The molecule has 1 N–H and O–H groups in total. The molecule has 1 amide bonds. The number of rotatable bonds is 5. The lowest BCUT2D eigenvalue weighted by molar-refractivity contribution is 0.0206. The summed E-state index contributed by atoms with van der Waals surface area (Å²) in [4.78, 5) is 19.3. The molecule has 1 aliphatic rings. The predicted molar refractivity (Wildman–Crippen MR) is 75.2 cm³/mol. The molecule has 19 heavy (non-hydrogen) atoms. The van der Waals surface area contributed by atoms with Crippen LogP contribution >= 0.6 is 11.6 Å². The molecule has 0 bridgehead atoms. The fourth-order valence-electron chi connectivity index (χ4n) is 2.17. The van der Waals surface area contributed by atoms with E-state index in [0.29, 0.717) is 17.2 Å². The summed E-state index contributed by atoms with van der Waals surface area (Å²) in [5.41, 5.74) is 2.86. The van der Waals surface area contributed by atoms with Crippen molar-refractivity contribution in [2.24, 2.45) is 0 Å². The minimum Gasteiger partial charge on any atom is -0.301 e. The van der Waals surface area contributed by atoms with Gasteiger partial charge in [-0.1, -0.05) is 30.2 Å². The Balaban J connectivity index is 1.68. The zero-order valence-electron chi connectivity index (χ0n) is 10.9. The molecular formula is C14H19ClN2O2. The number of carbonyl (C=O) groups excluding carboxylic acids is 1. The van der Waals surface area contributed by atoms with Crippen molar-refractivity contribution >= 4 is 17.5 Å². The first-order chi connectivity index (χ1) is 9.27. The number of likely N-dealkylation sites (tertiary alicyclic amines) is 1. The van der Waals surface area contributed by atoms with Gasteiger partial charge < -0.3 is 4.90 Å². The van der Waals surface area contributed by atoms with Crippen LogP contribution in [0, 0.1) is 0 Å². The third-order valence-corrected chi connectivity index (χ3v) is 3.57. The molecule has 0 unspecified atom stereocenters. The molecule has 0 spiro atoms. The van der Waals surface area contributed by atoms with Crippen LogP contribution in [0.2, 0.25) is 5.02 Å². The quantitative estimate of drug-likeness (QED) is 0.666. The van der Waals surface area contributed by atoms with Gasteiger partial charge in [-0.3, -0.25) is 9.63 Å². The summed E-state index contributed by atoms with van der Waals surface area (Å²) in [5, 5.41) is 0.430. The number of carbonyl (C=O) groups is 1. The van der Waals surface area contributed by atoms with Crippen LogP contribution in [-0.2, 0) is 4.84 Å². The number of hydroxylamine groups is 1. The van der Waals surface area contributed by atoms with Crippen LogP contribution in [0.4, 0.5) is 0 Å². The summed E-state index contributed by atoms with van der Waals surface area (Å²) in [6, 6.07) is 6.92. The van der Waals surface area contributed by atoms with Gasteiger partial charge in [-0.15, -0.1) is 0 Å². The van der Waals surface area contributed by atoms with Gasteiger partial charge in [0.15, 0.2) is 0 Å². The van der Waals surface area contributed by atoms with E-state index in [1.165, 1.54) is 19.3 Å². The van der Waals surface area contributed by atoms with E-state index in [4.69, 9.17) is 16.4 Å². The predicted octanol–water partition coefficient (Wildman–Crippen LogP) is 2.49. The fraction of sp³-hybridized carbons (Fsp3) is 0.500. The summed E-state index contributed by atoms with van der Waals surface area (Å²) in [7, 11) is 0. The number of halogens is 1. The molecule has 4 nitrogen and oxygen atoms in total. The highest BCUT2D eigenvalue weighted by Crippen LogP contribution is 2.14. The molecule has 1 heterocycles. The largest absolute Gasteiger partial charge is 0.301 e. The first-order valence-electron chi connectivity index (χ1n) is 6.66. The molecule has 1 aromatic rings. The Morgan fingerprint density at radius 3 is 2.74 bits per heavy atom. The zero-order valence-corrected chi connectivity index (χ0v) is 11.7. The van der Waals surface area contributed by atoms with Gasteiger partial charge in [0.2, 0.25) is 0 Å². The van der Waals surface area contributed by atoms with Crippen molar-refractivity contribution in [3.63, 3.8) is 0 Å². The average Bonchev–Trinajstić information content (AvgIpc) is 2.45. The normalized spacial score (nSPS) is 16.3. The van der Waals surface area contributed by atoms with E-state index in [2.05, 4.69) is 10.4 Å². The maximum absolute atomic E-state index is 11.8. The van der Waals surface area contributed by atoms with Crippen molar-refractivity contribution in [2.75, 3.05) is 26.2 Å². The third kappa shape index (κ3) is 4.49. The van der Waals surface area contributed by atoms with Crippen molar-refractivity contribution in [3.8, 4) is 0 Å². The highest BCUT2D eigenvalue weighted by Gasteiger charge is 2.11. The maximum Gasteiger partial charge on any atom is 0.276 e. The number of hydrogen-bond donors (Lipinski definition) is 1. The SMILES string of the molecule is O=C(NOCCN1CCCCC1)c1ccccc1Cl. The molecule has 2 rings (SSSR count). The van der Waals surface area contributed by atoms with Gasteiger partial charge in [0.1, 0.15) is 0 Å². The van der Waals surface area contributed by atoms with Gasteiger partial charge in [-0.05, 0) is 38.1 Å². The lowest BCUT2D eigenvalue weighted by Crippen LogP contribution is -2.35. The summed E-state index contributed by atoms with van der Waals surface area (Å²) < 4.78 is 0. The van der Waals surface area contributed by atoms with Gasteiger partial charge >= 0.3 is 0 Å². The van der Waals surface area contributed by atoms with E-state index >= 15 is 0 Å². The second-order valence-corrected chi connectivity index (χ2v) is 5.07. The standard InChI is InChI=1S/C14H19ClN2O2/c15-13-7-3-2-6-12(13)14(18)16-19-11-10-17-8-4-1-5-9-17/h2-3,6-7H,1,4-5,8-11H2,(H,16,18). The van der Waals surface area contributed by atoms with Gasteiger partial charge in [-0.2, -0.15) is 0 Å². The van der Waals surface area contributed by atoms with Gasteiger partial charge in [0.05, 0.1) is 17.2 Å². The molecule has 0 atom stereocenters. The van der Waals surface area contributed by atoms with E-state index in [1.807, 2.05) is 0 Å². The molecule has 0 aromatic heterocycles. The summed E-state index contributed by atoms with van der Waals surface area (Å²) >= 11 is 5.93. The Hall–Kier alpha value is -1.10. The Morgan fingerprint density at radius 1 is 1.26 bits per heavy atom. The van der Waals surface area contributed by atoms with Crippen LogP contribution in [0.15, 0.2) is 24.3 Å². The van der Waals surface area contributed by atoms with Crippen LogP contribution in [-0.4, -0.2) is 37.0 Å². The second kappa shape index (κ2) is 7.48. The van der Waals surface area contributed by atoms with Crippen molar-refractivity contribution in [1.29, 1.82) is 0 Å². The molecule has 1 fully saturated rings. The highest BCUT2D eigenvalue weighted by atomic mass is 35.5. The Bertz CT molecular complexity index is 420. The first kappa shape index (κ1) is 14.3. The molecule has 1 saturated heterocycles. The maximum atomic E-state index is 11.8. The van der Waals surface area contributed by atoms with Crippen molar-refractivity contribution in [3.05, 3.63) is 34.9 Å². The number of nitrogens with one attached hydrogen (secondary N) is 1. The molecule has 1 aromatic carbocycles. The number of hydrogen-bond acceptors (Lipinski definition) is 3. The lowest BCUT2D eigenvalue weighted by Gasteiger charge is -2.25. The average molecular weight is 283 g/mol. The third-order valence-electron chi connectivity index (χ3n) is 3.24. The van der Waals surface area contributed by atoms with Crippen LogP contribution in [0.5, 0.6) is 0 Å². The van der Waals surface area contributed by atoms with Crippen molar-refractivity contribution < 1.29 is 9.63 Å². The van der Waals surface area contributed by atoms with E-state index in [9.17, 15) is 4.79 Å². The molecule has 0 radical (unpaired) electrons. The van der Waals surface area contributed by atoms with E-state index < -0.39 is 0 Å². The van der Waals surface area contributed by atoms with Gasteiger partial charge in [0.25, 0.3) is 5.91 Å². The molecule has 104 valence electrons. The van der Waals surface area contributed by atoms with Crippen LogP contribution in [0.25, 0.3) is 0 Å². The molecule has 0 saturated carbocycles. The minimum atomic E-state index is -0.302.